The second kappa shape index (κ2) is 9.34. The van der Waals surface area contributed by atoms with Crippen LogP contribution in [-0.4, -0.2) is 38.3 Å². The summed E-state index contributed by atoms with van der Waals surface area (Å²) < 4.78 is 27.0. The molecule has 1 heterocycles. The first-order valence-electron chi connectivity index (χ1n) is 9.90. The molecular weight excluding hydrogens is 372 g/mol. The molecule has 0 aliphatic carbocycles. The highest BCUT2D eigenvalue weighted by atomic mass is 32.2. The van der Waals surface area contributed by atoms with Crippen molar-refractivity contribution in [3.05, 3.63) is 66.2 Å². The Bertz CT molecular complexity index is 861. The van der Waals surface area contributed by atoms with Gasteiger partial charge in [0, 0.05) is 19.6 Å². The van der Waals surface area contributed by atoms with Gasteiger partial charge in [0.05, 0.1) is 10.8 Å². The number of nitrogens with zero attached hydrogens (tertiary/aromatic N) is 1. The summed E-state index contributed by atoms with van der Waals surface area (Å²) in [6.07, 6.45) is 2.27. The number of carbonyl (C=O) groups excluding carboxylic acids is 1. The van der Waals surface area contributed by atoms with Crippen LogP contribution in [0.15, 0.2) is 65.6 Å². The minimum atomic E-state index is -3.42. The average molecular weight is 401 g/mol. The van der Waals surface area contributed by atoms with Crippen LogP contribution in [0.25, 0.3) is 0 Å². The third-order valence-corrected chi connectivity index (χ3v) is 7.36. The number of nitrogens with one attached hydrogen (secondary N) is 1. The van der Waals surface area contributed by atoms with E-state index in [1.54, 1.807) is 28.6 Å². The third kappa shape index (κ3) is 4.80. The van der Waals surface area contributed by atoms with Crippen molar-refractivity contribution >= 4 is 15.9 Å². The predicted molar refractivity (Wildman–Crippen MR) is 110 cm³/mol. The van der Waals surface area contributed by atoms with Gasteiger partial charge in [-0.2, -0.15) is 4.31 Å². The molecule has 1 aliphatic rings. The molecule has 0 radical (unpaired) electrons. The van der Waals surface area contributed by atoms with Crippen molar-refractivity contribution in [2.75, 3.05) is 19.6 Å². The number of hydrogen-bond donors (Lipinski definition) is 1. The number of rotatable bonds is 7. The standard InChI is InChI=1S/C22H28N2O3S/c1-2-21(19-9-5-3-6-10-19)22(25)23-17-18-13-15-24(16-14-18)28(26,27)20-11-7-4-8-12-20/h3-12,18,21H,2,13-17H2,1H3,(H,23,25). The Balaban J connectivity index is 1.51. The lowest BCUT2D eigenvalue weighted by atomic mass is 9.94. The van der Waals surface area contributed by atoms with Gasteiger partial charge in [-0.1, -0.05) is 55.5 Å². The molecule has 5 nitrogen and oxygen atoms in total. The van der Waals surface area contributed by atoms with Crippen LogP contribution in [0.1, 0.15) is 37.7 Å². The van der Waals surface area contributed by atoms with Gasteiger partial charge in [-0.25, -0.2) is 8.42 Å². The van der Waals surface area contributed by atoms with Crippen LogP contribution in [-0.2, 0) is 14.8 Å². The maximum Gasteiger partial charge on any atom is 0.243 e. The first kappa shape index (κ1) is 20.6. The number of carbonyl (C=O) groups is 1. The molecule has 1 fully saturated rings. The Morgan fingerprint density at radius 1 is 1.04 bits per heavy atom. The van der Waals surface area contributed by atoms with Gasteiger partial charge in [-0.3, -0.25) is 4.79 Å². The summed E-state index contributed by atoms with van der Waals surface area (Å²) in [5, 5.41) is 3.08. The minimum Gasteiger partial charge on any atom is -0.355 e. The number of hydrogen-bond acceptors (Lipinski definition) is 3. The molecule has 1 atom stereocenters. The normalized spacial score (nSPS) is 17.2. The van der Waals surface area contributed by atoms with Crippen molar-refractivity contribution in [1.82, 2.24) is 9.62 Å². The van der Waals surface area contributed by atoms with Gasteiger partial charge in [0.1, 0.15) is 0 Å². The topological polar surface area (TPSA) is 66.5 Å². The molecule has 0 bridgehead atoms. The van der Waals surface area contributed by atoms with Crippen LogP contribution in [0, 0.1) is 5.92 Å². The molecule has 150 valence electrons. The first-order valence-corrected chi connectivity index (χ1v) is 11.3. The third-order valence-electron chi connectivity index (χ3n) is 5.45. The summed E-state index contributed by atoms with van der Waals surface area (Å²) in [5.74, 6) is 0.215. The highest BCUT2D eigenvalue weighted by molar-refractivity contribution is 7.89. The van der Waals surface area contributed by atoms with E-state index in [1.165, 1.54) is 0 Å². The molecule has 1 amide bonds. The molecule has 2 aromatic rings. The maximum atomic E-state index is 12.7. The summed E-state index contributed by atoms with van der Waals surface area (Å²) in [7, 11) is -3.42. The average Bonchev–Trinajstić information content (AvgIpc) is 2.74. The Hall–Kier alpha value is -2.18. The van der Waals surface area contributed by atoms with Crippen molar-refractivity contribution in [2.45, 2.75) is 37.0 Å². The highest BCUT2D eigenvalue weighted by Gasteiger charge is 2.29. The van der Waals surface area contributed by atoms with Gasteiger partial charge in [0.15, 0.2) is 0 Å². The number of piperidine rings is 1. The van der Waals surface area contributed by atoms with E-state index in [1.807, 2.05) is 43.3 Å². The van der Waals surface area contributed by atoms with Crippen LogP contribution in [0.5, 0.6) is 0 Å². The molecule has 1 unspecified atom stereocenters. The zero-order chi connectivity index (χ0) is 20.0. The van der Waals surface area contributed by atoms with Crippen molar-refractivity contribution < 1.29 is 13.2 Å². The van der Waals surface area contributed by atoms with Gasteiger partial charge < -0.3 is 5.32 Å². The fraction of sp³-hybridized carbons (Fsp3) is 0.409. The fourth-order valence-corrected chi connectivity index (χ4v) is 5.21. The maximum absolute atomic E-state index is 12.7. The summed E-state index contributed by atoms with van der Waals surface area (Å²) in [6, 6.07) is 18.4. The molecule has 0 spiro atoms. The van der Waals surface area contributed by atoms with E-state index < -0.39 is 10.0 Å². The van der Waals surface area contributed by atoms with Gasteiger partial charge in [0.2, 0.25) is 15.9 Å². The van der Waals surface area contributed by atoms with Crippen LogP contribution in [0.2, 0.25) is 0 Å². The minimum absolute atomic E-state index is 0.0491. The summed E-state index contributed by atoms with van der Waals surface area (Å²) >= 11 is 0. The molecule has 2 aromatic carbocycles. The van der Waals surface area contributed by atoms with E-state index in [-0.39, 0.29) is 11.8 Å². The summed E-state index contributed by atoms with van der Waals surface area (Å²) in [4.78, 5) is 13.0. The van der Waals surface area contributed by atoms with Gasteiger partial charge in [-0.05, 0) is 42.9 Å². The van der Waals surface area contributed by atoms with E-state index in [0.29, 0.717) is 30.4 Å². The van der Waals surface area contributed by atoms with Crippen LogP contribution in [0.3, 0.4) is 0 Å². The van der Waals surface area contributed by atoms with E-state index in [9.17, 15) is 13.2 Å². The zero-order valence-corrected chi connectivity index (χ0v) is 17.1. The van der Waals surface area contributed by atoms with Crippen molar-refractivity contribution in [3.63, 3.8) is 0 Å². The zero-order valence-electron chi connectivity index (χ0n) is 16.3. The quantitative estimate of drug-likeness (QED) is 0.775. The van der Waals surface area contributed by atoms with Crippen LogP contribution >= 0.6 is 0 Å². The molecule has 3 rings (SSSR count). The second-order valence-corrected chi connectivity index (χ2v) is 9.22. The molecule has 1 N–H and O–H groups in total. The number of amides is 1. The monoisotopic (exact) mass is 400 g/mol. The Kier molecular flexibility index (Phi) is 6.86. The van der Waals surface area contributed by atoms with E-state index in [0.717, 1.165) is 24.8 Å². The molecule has 6 heteroatoms. The fourth-order valence-electron chi connectivity index (χ4n) is 3.72. The largest absolute Gasteiger partial charge is 0.355 e. The lowest BCUT2D eigenvalue weighted by Crippen LogP contribution is -2.42. The van der Waals surface area contributed by atoms with Gasteiger partial charge in [0.25, 0.3) is 0 Å². The highest BCUT2D eigenvalue weighted by Crippen LogP contribution is 2.24. The van der Waals surface area contributed by atoms with E-state index >= 15 is 0 Å². The lowest BCUT2D eigenvalue weighted by Gasteiger charge is -2.31. The van der Waals surface area contributed by atoms with Crippen molar-refractivity contribution in [1.29, 1.82) is 0 Å². The molecule has 1 aliphatic heterocycles. The molecular formula is C22H28N2O3S. The number of sulfonamides is 1. The summed E-state index contributed by atoms with van der Waals surface area (Å²) in [6.45, 7) is 3.60. The smallest absolute Gasteiger partial charge is 0.243 e. The van der Waals surface area contributed by atoms with Crippen molar-refractivity contribution in [3.8, 4) is 0 Å². The van der Waals surface area contributed by atoms with Gasteiger partial charge in [-0.15, -0.1) is 0 Å². The molecule has 0 aromatic heterocycles. The second-order valence-electron chi connectivity index (χ2n) is 7.28. The molecule has 0 saturated carbocycles. The van der Waals surface area contributed by atoms with E-state index in [4.69, 9.17) is 0 Å². The Labute approximate surface area is 167 Å². The SMILES string of the molecule is CCC(C(=O)NCC1CCN(S(=O)(=O)c2ccccc2)CC1)c1ccccc1. The molecule has 28 heavy (non-hydrogen) atoms. The molecule has 1 saturated heterocycles. The Morgan fingerprint density at radius 3 is 2.18 bits per heavy atom. The Morgan fingerprint density at radius 2 is 1.61 bits per heavy atom. The van der Waals surface area contributed by atoms with E-state index in [2.05, 4.69) is 5.32 Å². The predicted octanol–water partition coefficient (Wildman–Crippen LogP) is 3.40. The first-order chi connectivity index (χ1) is 13.5. The lowest BCUT2D eigenvalue weighted by molar-refractivity contribution is -0.122. The summed E-state index contributed by atoms with van der Waals surface area (Å²) in [5.41, 5.74) is 1.03. The van der Waals surface area contributed by atoms with Crippen molar-refractivity contribution in [2.24, 2.45) is 5.92 Å². The van der Waals surface area contributed by atoms with Gasteiger partial charge >= 0.3 is 0 Å². The number of benzene rings is 2. The van der Waals surface area contributed by atoms with Crippen LogP contribution in [0.4, 0.5) is 0 Å². The van der Waals surface area contributed by atoms with Crippen LogP contribution < -0.4 is 5.32 Å².